The fourth-order valence-corrected chi connectivity index (χ4v) is 3.24. The molecule has 1 aromatic rings. The molecule has 0 bridgehead atoms. The Balaban J connectivity index is 2.03. The van der Waals surface area contributed by atoms with Crippen LogP contribution in [-0.2, 0) is 11.3 Å². The lowest BCUT2D eigenvalue weighted by molar-refractivity contribution is -0.153. The number of benzene rings is 1. The van der Waals surface area contributed by atoms with Crippen LogP contribution in [0.5, 0.6) is 5.75 Å². The topological polar surface area (TPSA) is 41.6 Å². The van der Waals surface area contributed by atoms with Crippen molar-refractivity contribution >= 4 is 5.91 Å². The number of nitrogens with zero attached hydrogens (tertiary/aromatic N) is 1. The minimum atomic E-state index is -4.36. The number of hydrogen-bond donors (Lipinski definition) is 1. The average molecular weight is 358 g/mol. The number of aryl methyl sites for hydroxylation is 2. The summed E-state index contributed by atoms with van der Waals surface area (Å²) < 4.78 is 42.0. The molecule has 1 amide bonds. The molecular formula is C18H25F3N2O2. The van der Waals surface area contributed by atoms with Crippen molar-refractivity contribution in [3.63, 3.8) is 0 Å². The number of carbonyl (C=O) groups is 1. The molecule has 1 heterocycles. The Morgan fingerprint density at radius 1 is 1.32 bits per heavy atom. The molecule has 1 fully saturated rings. The fourth-order valence-electron chi connectivity index (χ4n) is 3.24. The molecular weight excluding hydrogens is 333 g/mol. The van der Waals surface area contributed by atoms with Crippen LogP contribution >= 0.6 is 0 Å². The Kier molecular flexibility index (Phi) is 6.32. The summed E-state index contributed by atoms with van der Waals surface area (Å²) in [5, 5.41) is 3.23. The molecule has 4 nitrogen and oxygen atoms in total. The summed E-state index contributed by atoms with van der Waals surface area (Å²) in [5.74, 6) is 0.349. The number of piperidine rings is 1. The molecule has 0 radical (unpaired) electrons. The SMILES string of the molecule is Cc1cc(CN(C)C(=O)C2CCCNC2)cc(C)c1OCC(F)(F)F. The number of alkyl halides is 3. The Labute approximate surface area is 146 Å². The van der Waals surface area contributed by atoms with Crippen LogP contribution in [0.4, 0.5) is 13.2 Å². The molecule has 1 atom stereocenters. The third-order valence-corrected chi connectivity index (χ3v) is 4.34. The minimum Gasteiger partial charge on any atom is -0.484 e. The summed E-state index contributed by atoms with van der Waals surface area (Å²) in [6.45, 7) is 4.21. The van der Waals surface area contributed by atoms with Gasteiger partial charge in [-0.05, 0) is 49.9 Å². The highest BCUT2D eigenvalue weighted by atomic mass is 19.4. The van der Waals surface area contributed by atoms with E-state index in [1.54, 1.807) is 37.9 Å². The van der Waals surface area contributed by atoms with Crippen LogP contribution in [0.2, 0.25) is 0 Å². The molecule has 1 unspecified atom stereocenters. The first-order valence-electron chi connectivity index (χ1n) is 8.43. The van der Waals surface area contributed by atoms with E-state index in [4.69, 9.17) is 4.74 Å². The van der Waals surface area contributed by atoms with Crippen molar-refractivity contribution in [1.29, 1.82) is 0 Å². The molecule has 7 heteroatoms. The molecule has 0 spiro atoms. The molecule has 140 valence electrons. The number of ether oxygens (including phenoxy) is 1. The summed E-state index contributed by atoms with van der Waals surface area (Å²) in [4.78, 5) is 14.2. The quantitative estimate of drug-likeness (QED) is 0.879. The van der Waals surface area contributed by atoms with Gasteiger partial charge in [0.25, 0.3) is 0 Å². The summed E-state index contributed by atoms with van der Waals surface area (Å²) in [6, 6.07) is 3.56. The van der Waals surface area contributed by atoms with Gasteiger partial charge in [-0.1, -0.05) is 12.1 Å². The minimum absolute atomic E-state index is 0.00432. The van der Waals surface area contributed by atoms with Crippen molar-refractivity contribution in [3.05, 3.63) is 28.8 Å². The second-order valence-corrected chi connectivity index (χ2v) is 6.70. The number of hydrogen-bond acceptors (Lipinski definition) is 3. The highest BCUT2D eigenvalue weighted by Crippen LogP contribution is 2.28. The van der Waals surface area contributed by atoms with Crippen molar-refractivity contribution < 1.29 is 22.7 Å². The predicted octanol–water partition coefficient (Wildman–Crippen LogP) is 3.20. The van der Waals surface area contributed by atoms with Crippen LogP contribution in [0.1, 0.15) is 29.5 Å². The monoisotopic (exact) mass is 358 g/mol. The lowest BCUT2D eigenvalue weighted by Gasteiger charge is -2.27. The highest BCUT2D eigenvalue weighted by molar-refractivity contribution is 5.79. The van der Waals surface area contributed by atoms with Gasteiger partial charge in [0.05, 0.1) is 5.92 Å². The predicted molar refractivity (Wildman–Crippen MR) is 89.5 cm³/mol. The van der Waals surface area contributed by atoms with Gasteiger partial charge < -0.3 is 15.0 Å². The molecule has 1 aliphatic heterocycles. The van der Waals surface area contributed by atoms with Crippen LogP contribution in [-0.4, -0.2) is 43.7 Å². The molecule has 1 saturated heterocycles. The van der Waals surface area contributed by atoms with Gasteiger partial charge >= 0.3 is 6.18 Å². The summed E-state index contributed by atoms with van der Waals surface area (Å²) >= 11 is 0. The first-order valence-corrected chi connectivity index (χ1v) is 8.43. The molecule has 0 aliphatic carbocycles. The molecule has 2 rings (SSSR count). The van der Waals surface area contributed by atoms with Gasteiger partial charge in [-0.15, -0.1) is 0 Å². The maximum Gasteiger partial charge on any atom is 0.422 e. The number of amides is 1. The Bertz CT molecular complexity index is 588. The van der Waals surface area contributed by atoms with Crippen LogP contribution in [0.3, 0.4) is 0 Å². The van der Waals surface area contributed by atoms with Crippen LogP contribution in [0.25, 0.3) is 0 Å². The van der Waals surface area contributed by atoms with Gasteiger partial charge in [0.1, 0.15) is 5.75 Å². The van der Waals surface area contributed by atoms with E-state index in [1.165, 1.54) is 0 Å². The van der Waals surface area contributed by atoms with Crippen LogP contribution < -0.4 is 10.1 Å². The summed E-state index contributed by atoms with van der Waals surface area (Å²) in [7, 11) is 1.76. The van der Waals surface area contributed by atoms with E-state index in [9.17, 15) is 18.0 Å². The standard InChI is InChI=1S/C18H25F3N2O2/c1-12-7-14(8-13(2)16(12)25-11-18(19,20)21)10-23(3)17(24)15-5-4-6-22-9-15/h7-8,15,22H,4-6,9-11H2,1-3H3. The lowest BCUT2D eigenvalue weighted by atomic mass is 9.98. The van der Waals surface area contributed by atoms with Gasteiger partial charge in [0.2, 0.25) is 5.91 Å². The molecule has 1 aromatic carbocycles. The van der Waals surface area contributed by atoms with Gasteiger partial charge in [0.15, 0.2) is 6.61 Å². The molecule has 0 saturated carbocycles. The molecule has 25 heavy (non-hydrogen) atoms. The second-order valence-electron chi connectivity index (χ2n) is 6.70. The number of nitrogens with one attached hydrogen (secondary N) is 1. The van der Waals surface area contributed by atoms with Gasteiger partial charge in [-0.25, -0.2) is 0 Å². The van der Waals surface area contributed by atoms with E-state index in [-0.39, 0.29) is 17.6 Å². The third kappa shape index (κ3) is 5.63. The number of halogens is 3. The van der Waals surface area contributed by atoms with Crippen molar-refractivity contribution in [3.8, 4) is 5.75 Å². The first-order chi connectivity index (χ1) is 11.7. The van der Waals surface area contributed by atoms with Crippen molar-refractivity contribution in [2.75, 3.05) is 26.7 Å². The summed E-state index contributed by atoms with van der Waals surface area (Å²) in [6.07, 6.45) is -2.48. The van der Waals surface area contributed by atoms with Crippen molar-refractivity contribution in [2.24, 2.45) is 5.92 Å². The van der Waals surface area contributed by atoms with E-state index in [0.717, 1.165) is 24.9 Å². The van der Waals surface area contributed by atoms with E-state index >= 15 is 0 Å². The smallest absolute Gasteiger partial charge is 0.422 e. The van der Waals surface area contributed by atoms with Crippen LogP contribution in [0, 0.1) is 19.8 Å². The van der Waals surface area contributed by atoms with Crippen molar-refractivity contribution in [1.82, 2.24) is 10.2 Å². The molecule has 1 aliphatic rings. The number of rotatable bonds is 5. The lowest BCUT2D eigenvalue weighted by Crippen LogP contribution is -2.41. The summed E-state index contributed by atoms with van der Waals surface area (Å²) in [5.41, 5.74) is 2.16. The van der Waals surface area contributed by atoms with E-state index in [1.807, 2.05) is 0 Å². The molecule has 0 aromatic heterocycles. The van der Waals surface area contributed by atoms with E-state index in [0.29, 0.717) is 24.2 Å². The fraction of sp³-hybridized carbons (Fsp3) is 0.611. The zero-order valence-corrected chi connectivity index (χ0v) is 14.9. The first kappa shape index (κ1) is 19.6. The third-order valence-electron chi connectivity index (χ3n) is 4.34. The maximum absolute atomic E-state index is 12.5. The highest BCUT2D eigenvalue weighted by Gasteiger charge is 2.29. The van der Waals surface area contributed by atoms with Gasteiger partial charge in [-0.3, -0.25) is 4.79 Å². The van der Waals surface area contributed by atoms with E-state index in [2.05, 4.69) is 5.32 Å². The van der Waals surface area contributed by atoms with Gasteiger partial charge in [0, 0.05) is 20.1 Å². The Morgan fingerprint density at radius 3 is 2.48 bits per heavy atom. The normalized spacial score (nSPS) is 18.1. The zero-order chi connectivity index (χ0) is 18.6. The van der Waals surface area contributed by atoms with E-state index < -0.39 is 12.8 Å². The Morgan fingerprint density at radius 2 is 1.96 bits per heavy atom. The van der Waals surface area contributed by atoms with Crippen LogP contribution in [0.15, 0.2) is 12.1 Å². The van der Waals surface area contributed by atoms with Gasteiger partial charge in [-0.2, -0.15) is 13.2 Å². The largest absolute Gasteiger partial charge is 0.484 e. The second kappa shape index (κ2) is 8.08. The Hall–Kier alpha value is -1.76. The van der Waals surface area contributed by atoms with Crippen molar-refractivity contribution in [2.45, 2.75) is 39.4 Å². The molecule has 1 N–H and O–H groups in total. The zero-order valence-electron chi connectivity index (χ0n) is 14.9. The number of carbonyl (C=O) groups excluding carboxylic acids is 1. The maximum atomic E-state index is 12.5. The average Bonchev–Trinajstić information content (AvgIpc) is 2.53.